The summed E-state index contributed by atoms with van der Waals surface area (Å²) in [6.45, 7) is 0.548. The third-order valence-electron chi connectivity index (χ3n) is 4.33. The van der Waals surface area contributed by atoms with Crippen LogP contribution >= 0.6 is 11.6 Å². The number of carbonyl (C=O) groups excluding carboxylic acids is 2. The quantitative estimate of drug-likeness (QED) is 0.612. The van der Waals surface area contributed by atoms with Crippen LogP contribution in [0.4, 0.5) is 5.69 Å². The summed E-state index contributed by atoms with van der Waals surface area (Å²) in [5.74, 6) is 0.326. The van der Waals surface area contributed by atoms with Gasteiger partial charge in [0.2, 0.25) is 11.8 Å². The second-order valence-electron chi connectivity index (χ2n) is 5.97. The molecule has 0 spiro atoms. The van der Waals surface area contributed by atoms with Gasteiger partial charge in [-0.2, -0.15) is 0 Å². The molecule has 2 unspecified atom stereocenters. The molecule has 125 valence electrons. The maximum atomic E-state index is 12.4. The molecular weight excluding hydrogens is 314 g/mol. The standard InChI is InChI=1S/C17H23ClN3O2/c18-9-7-13-8-10-21(15(11-13)17(20)23)16(22)6-3-12-1-4-14(19)5-2-12/h1-2,4-6,13,15H,3,7-11,19H2,(H2,20,23). The van der Waals surface area contributed by atoms with Crippen molar-refractivity contribution in [3.8, 4) is 0 Å². The number of piperidine rings is 1. The minimum atomic E-state index is -0.535. The number of carbonyl (C=O) groups is 2. The van der Waals surface area contributed by atoms with Crippen molar-refractivity contribution in [1.82, 2.24) is 4.90 Å². The van der Waals surface area contributed by atoms with Crippen LogP contribution in [0.1, 0.15) is 24.8 Å². The van der Waals surface area contributed by atoms with Crippen molar-refractivity contribution in [2.45, 2.75) is 31.7 Å². The van der Waals surface area contributed by atoms with E-state index < -0.39 is 11.9 Å². The summed E-state index contributed by atoms with van der Waals surface area (Å²) in [7, 11) is 0. The molecule has 1 radical (unpaired) electrons. The molecule has 0 saturated carbocycles. The summed E-state index contributed by atoms with van der Waals surface area (Å²) in [6, 6.07) is 6.84. The number of primary amides is 1. The van der Waals surface area contributed by atoms with Gasteiger partial charge in [-0.3, -0.25) is 9.59 Å². The van der Waals surface area contributed by atoms with Gasteiger partial charge in [-0.25, -0.2) is 0 Å². The third kappa shape index (κ3) is 4.86. The first-order chi connectivity index (χ1) is 11.0. The molecule has 1 aliphatic heterocycles. The van der Waals surface area contributed by atoms with E-state index in [1.807, 2.05) is 12.1 Å². The molecule has 2 atom stereocenters. The monoisotopic (exact) mass is 336 g/mol. The smallest absolute Gasteiger partial charge is 0.240 e. The van der Waals surface area contributed by atoms with Crippen LogP contribution in [0.25, 0.3) is 0 Å². The molecular formula is C17H23ClN3O2. The van der Waals surface area contributed by atoms with Crippen LogP contribution in [-0.4, -0.2) is 35.2 Å². The highest BCUT2D eigenvalue weighted by Gasteiger charge is 2.34. The Hall–Kier alpha value is -1.75. The molecule has 1 heterocycles. The highest BCUT2D eigenvalue weighted by molar-refractivity contribution is 6.17. The zero-order valence-electron chi connectivity index (χ0n) is 13.1. The van der Waals surface area contributed by atoms with Gasteiger partial charge in [0, 0.05) is 18.1 Å². The van der Waals surface area contributed by atoms with Gasteiger partial charge >= 0.3 is 0 Å². The number of nitrogens with zero attached hydrogens (tertiary/aromatic N) is 1. The topological polar surface area (TPSA) is 89.4 Å². The summed E-state index contributed by atoms with van der Waals surface area (Å²) in [6.07, 6.45) is 4.42. The van der Waals surface area contributed by atoms with Gasteiger partial charge in [0.05, 0.1) is 6.42 Å². The van der Waals surface area contributed by atoms with Gasteiger partial charge < -0.3 is 16.4 Å². The number of benzene rings is 1. The predicted octanol–water partition coefficient (Wildman–Crippen LogP) is 1.74. The summed E-state index contributed by atoms with van der Waals surface area (Å²) in [5, 5.41) is 0. The minimum Gasteiger partial charge on any atom is -0.399 e. The molecule has 6 heteroatoms. The van der Waals surface area contributed by atoms with Crippen molar-refractivity contribution in [2.75, 3.05) is 18.2 Å². The molecule has 1 aliphatic rings. The van der Waals surface area contributed by atoms with Crippen LogP contribution in [0.5, 0.6) is 0 Å². The van der Waals surface area contributed by atoms with Gasteiger partial charge in [-0.05, 0) is 49.3 Å². The van der Waals surface area contributed by atoms with Crippen molar-refractivity contribution in [2.24, 2.45) is 11.7 Å². The van der Waals surface area contributed by atoms with Crippen LogP contribution in [-0.2, 0) is 16.0 Å². The van der Waals surface area contributed by atoms with Crippen molar-refractivity contribution in [3.05, 3.63) is 36.2 Å². The average molecular weight is 337 g/mol. The zero-order valence-corrected chi connectivity index (χ0v) is 13.8. The van der Waals surface area contributed by atoms with Crippen molar-refractivity contribution in [1.29, 1.82) is 0 Å². The van der Waals surface area contributed by atoms with Crippen LogP contribution in [0.15, 0.2) is 24.3 Å². The van der Waals surface area contributed by atoms with E-state index in [1.54, 1.807) is 23.5 Å². The number of likely N-dealkylation sites (tertiary alicyclic amines) is 1. The van der Waals surface area contributed by atoms with Gasteiger partial charge in [0.1, 0.15) is 6.04 Å². The molecule has 1 aromatic rings. The van der Waals surface area contributed by atoms with Gasteiger partial charge in [0.15, 0.2) is 0 Å². The number of anilines is 1. The Balaban J connectivity index is 1.94. The Bertz CT molecular complexity index is 547. The molecule has 1 aromatic carbocycles. The van der Waals surface area contributed by atoms with Gasteiger partial charge in [-0.1, -0.05) is 12.1 Å². The number of amides is 2. The second-order valence-corrected chi connectivity index (χ2v) is 6.35. The van der Waals surface area contributed by atoms with Crippen molar-refractivity contribution >= 4 is 29.1 Å². The summed E-state index contributed by atoms with van der Waals surface area (Å²) >= 11 is 5.78. The SMILES string of the molecule is NC(=O)C1CC(CCCl)CCN1C(=O)[CH]Cc1ccc(N)cc1. The Labute approximate surface area is 142 Å². The fourth-order valence-electron chi connectivity index (χ4n) is 2.96. The molecule has 0 bridgehead atoms. The molecule has 5 nitrogen and oxygen atoms in total. The van der Waals surface area contributed by atoms with E-state index in [1.165, 1.54) is 0 Å². The summed E-state index contributed by atoms with van der Waals surface area (Å²) in [4.78, 5) is 25.7. The lowest BCUT2D eigenvalue weighted by molar-refractivity contribution is -0.139. The number of rotatable bonds is 6. The van der Waals surface area contributed by atoms with E-state index in [2.05, 4.69) is 0 Å². The van der Waals surface area contributed by atoms with E-state index in [0.717, 1.165) is 18.4 Å². The van der Waals surface area contributed by atoms with Gasteiger partial charge in [-0.15, -0.1) is 11.6 Å². The lowest BCUT2D eigenvalue weighted by Gasteiger charge is -2.37. The molecule has 0 aliphatic carbocycles. The Morgan fingerprint density at radius 1 is 1.30 bits per heavy atom. The van der Waals surface area contributed by atoms with E-state index in [0.29, 0.717) is 36.9 Å². The molecule has 2 rings (SSSR count). The Kier molecular flexibility index (Phi) is 6.28. The highest BCUT2D eigenvalue weighted by Crippen LogP contribution is 2.26. The zero-order chi connectivity index (χ0) is 16.8. The van der Waals surface area contributed by atoms with E-state index >= 15 is 0 Å². The summed E-state index contributed by atoms with van der Waals surface area (Å²) in [5.41, 5.74) is 12.8. The van der Waals surface area contributed by atoms with E-state index in [4.69, 9.17) is 23.1 Å². The number of nitrogen functional groups attached to an aromatic ring is 1. The molecule has 2 amide bonds. The number of hydrogen-bond acceptors (Lipinski definition) is 3. The van der Waals surface area contributed by atoms with Crippen LogP contribution in [0, 0.1) is 12.3 Å². The largest absolute Gasteiger partial charge is 0.399 e. The van der Waals surface area contributed by atoms with Crippen molar-refractivity contribution < 1.29 is 9.59 Å². The second kappa shape index (κ2) is 8.20. The van der Waals surface area contributed by atoms with Crippen LogP contribution in [0.3, 0.4) is 0 Å². The molecule has 0 aromatic heterocycles. The van der Waals surface area contributed by atoms with Crippen molar-refractivity contribution in [3.63, 3.8) is 0 Å². The lowest BCUT2D eigenvalue weighted by atomic mass is 9.88. The third-order valence-corrected chi connectivity index (χ3v) is 4.55. The van der Waals surface area contributed by atoms with Crippen LogP contribution < -0.4 is 11.5 Å². The molecule has 1 fully saturated rings. The Morgan fingerprint density at radius 2 is 2.00 bits per heavy atom. The fraction of sp³-hybridized carbons (Fsp3) is 0.471. The summed E-state index contributed by atoms with van der Waals surface area (Å²) < 4.78 is 0. The molecule has 1 saturated heterocycles. The lowest BCUT2D eigenvalue weighted by Crippen LogP contribution is -2.52. The minimum absolute atomic E-state index is 0.144. The number of nitrogens with two attached hydrogens (primary N) is 2. The van der Waals surface area contributed by atoms with E-state index in [-0.39, 0.29) is 5.91 Å². The Morgan fingerprint density at radius 3 is 2.61 bits per heavy atom. The number of halogens is 1. The molecule has 23 heavy (non-hydrogen) atoms. The highest BCUT2D eigenvalue weighted by atomic mass is 35.5. The van der Waals surface area contributed by atoms with Crippen LogP contribution in [0.2, 0.25) is 0 Å². The maximum Gasteiger partial charge on any atom is 0.240 e. The number of hydrogen-bond donors (Lipinski definition) is 2. The first-order valence-corrected chi connectivity index (χ1v) is 8.38. The normalized spacial score (nSPS) is 21.2. The van der Waals surface area contributed by atoms with Gasteiger partial charge in [0.25, 0.3) is 0 Å². The predicted molar refractivity (Wildman–Crippen MR) is 91.6 cm³/mol. The average Bonchev–Trinajstić information content (AvgIpc) is 2.54. The molecule has 4 N–H and O–H groups in total. The number of alkyl halides is 1. The first-order valence-electron chi connectivity index (χ1n) is 7.84. The fourth-order valence-corrected chi connectivity index (χ4v) is 3.27. The first kappa shape index (κ1) is 17.6. The van der Waals surface area contributed by atoms with E-state index in [9.17, 15) is 9.59 Å². The maximum absolute atomic E-state index is 12.4.